The molecule has 0 amide bonds. The lowest BCUT2D eigenvalue weighted by atomic mass is 10.0. The predicted octanol–water partition coefficient (Wildman–Crippen LogP) is 4.48. The quantitative estimate of drug-likeness (QED) is 0.776. The Bertz CT molecular complexity index is 478. The molecule has 0 aliphatic rings. The van der Waals surface area contributed by atoms with Crippen LogP contribution in [0.25, 0.3) is 0 Å². The molecule has 1 atom stereocenters. The highest BCUT2D eigenvalue weighted by molar-refractivity contribution is 6.30. The number of aryl methyl sites for hydroxylation is 1. The summed E-state index contributed by atoms with van der Waals surface area (Å²) in [6.45, 7) is 3.25. The van der Waals surface area contributed by atoms with Crippen molar-refractivity contribution in [3.8, 4) is 0 Å². The molecule has 0 radical (unpaired) electrons. The van der Waals surface area contributed by atoms with Crippen LogP contribution in [0.15, 0.2) is 47.1 Å². The van der Waals surface area contributed by atoms with Crippen LogP contribution in [-0.2, 0) is 12.8 Å². The number of rotatable bonds is 8. The van der Waals surface area contributed by atoms with Crippen LogP contribution in [0, 0.1) is 0 Å². The summed E-state index contributed by atoms with van der Waals surface area (Å²) < 4.78 is 5.41. The molecule has 0 spiro atoms. The molecule has 1 unspecified atom stereocenters. The van der Waals surface area contributed by atoms with Crippen molar-refractivity contribution in [2.45, 2.75) is 38.6 Å². The van der Waals surface area contributed by atoms with E-state index in [1.54, 1.807) is 6.26 Å². The van der Waals surface area contributed by atoms with Gasteiger partial charge in [0.25, 0.3) is 0 Å². The predicted molar refractivity (Wildman–Crippen MR) is 84.3 cm³/mol. The van der Waals surface area contributed by atoms with Gasteiger partial charge in [-0.2, -0.15) is 0 Å². The minimum atomic E-state index is 0.473. The largest absolute Gasteiger partial charge is 0.469 e. The summed E-state index contributed by atoms with van der Waals surface area (Å²) in [5, 5.41) is 4.41. The molecule has 0 aliphatic heterocycles. The summed E-state index contributed by atoms with van der Waals surface area (Å²) in [6, 6.07) is 12.6. The van der Waals surface area contributed by atoms with Crippen LogP contribution in [0.5, 0.6) is 0 Å². The minimum Gasteiger partial charge on any atom is -0.469 e. The smallest absolute Gasteiger partial charge is 0.103 e. The van der Waals surface area contributed by atoms with Gasteiger partial charge in [0.2, 0.25) is 0 Å². The Balaban J connectivity index is 1.90. The molecule has 1 aromatic carbocycles. The van der Waals surface area contributed by atoms with Crippen molar-refractivity contribution in [2.24, 2.45) is 0 Å². The average Bonchev–Trinajstić information content (AvgIpc) is 2.97. The molecule has 20 heavy (non-hydrogen) atoms. The molecule has 0 saturated heterocycles. The van der Waals surface area contributed by atoms with Gasteiger partial charge in [0.05, 0.1) is 6.26 Å². The first kappa shape index (κ1) is 15.1. The molecule has 2 rings (SSSR count). The van der Waals surface area contributed by atoms with Crippen molar-refractivity contribution in [1.82, 2.24) is 5.32 Å². The van der Waals surface area contributed by atoms with Gasteiger partial charge in [-0.3, -0.25) is 0 Å². The monoisotopic (exact) mass is 291 g/mol. The zero-order chi connectivity index (χ0) is 14.2. The third kappa shape index (κ3) is 5.03. The SMILES string of the molecule is CCCNC(CCc1ccco1)Cc1ccc(Cl)cc1. The van der Waals surface area contributed by atoms with Crippen LogP contribution >= 0.6 is 11.6 Å². The van der Waals surface area contributed by atoms with Crippen LogP contribution in [0.4, 0.5) is 0 Å². The first-order chi connectivity index (χ1) is 9.78. The van der Waals surface area contributed by atoms with E-state index in [4.69, 9.17) is 16.0 Å². The van der Waals surface area contributed by atoms with Crippen molar-refractivity contribution in [3.05, 3.63) is 59.0 Å². The van der Waals surface area contributed by atoms with Gasteiger partial charge < -0.3 is 9.73 Å². The van der Waals surface area contributed by atoms with Gasteiger partial charge in [-0.25, -0.2) is 0 Å². The molecule has 0 saturated carbocycles. The highest BCUT2D eigenvalue weighted by Gasteiger charge is 2.10. The zero-order valence-electron chi connectivity index (χ0n) is 11.9. The Hall–Kier alpha value is -1.25. The lowest BCUT2D eigenvalue weighted by Gasteiger charge is -2.18. The van der Waals surface area contributed by atoms with E-state index in [2.05, 4.69) is 24.4 Å². The Morgan fingerprint density at radius 2 is 2.00 bits per heavy atom. The van der Waals surface area contributed by atoms with Crippen LogP contribution in [0.3, 0.4) is 0 Å². The molecule has 0 bridgehead atoms. The molecule has 2 aromatic rings. The van der Waals surface area contributed by atoms with E-state index in [1.807, 2.05) is 24.3 Å². The molecule has 1 heterocycles. The van der Waals surface area contributed by atoms with E-state index in [0.717, 1.165) is 43.0 Å². The Morgan fingerprint density at radius 3 is 2.65 bits per heavy atom. The maximum Gasteiger partial charge on any atom is 0.103 e. The highest BCUT2D eigenvalue weighted by atomic mass is 35.5. The average molecular weight is 292 g/mol. The molecule has 1 N–H and O–H groups in total. The normalized spacial score (nSPS) is 12.5. The highest BCUT2D eigenvalue weighted by Crippen LogP contribution is 2.14. The van der Waals surface area contributed by atoms with Gasteiger partial charge >= 0.3 is 0 Å². The second kappa shape index (κ2) is 8.13. The van der Waals surface area contributed by atoms with Gasteiger partial charge in [0.15, 0.2) is 0 Å². The zero-order valence-corrected chi connectivity index (χ0v) is 12.7. The van der Waals surface area contributed by atoms with Crippen molar-refractivity contribution in [3.63, 3.8) is 0 Å². The molecule has 108 valence electrons. The fraction of sp³-hybridized carbons (Fsp3) is 0.412. The molecule has 3 heteroatoms. The lowest BCUT2D eigenvalue weighted by molar-refractivity contribution is 0.441. The van der Waals surface area contributed by atoms with Crippen LogP contribution in [-0.4, -0.2) is 12.6 Å². The fourth-order valence-corrected chi connectivity index (χ4v) is 2.43. The number of nitrogens with one attached hydrogen (secondary N) is 1. The third-order valence-electron chi connectivity index (χ3n) is 3.40. The summed E-state index contributed by atoms with van der Waals surface area (Å²) in [5.74, 6) is 1.06. The summed E-state index contributed by atoms with van der Waals surface area (Å²) in [4.78, 5) is 0. The van der Waals surface area contributed by atoms with Gasteiger partial charge in [0.1, 0.15) is 5.76 Å². The van der Waals surface area contributed by atoms with E-state index < -0.39 is 0 Å². The van der Waals surface area contributed by atoms with Crippen molar-refractivity contribution >= 4 is 11.6 Å². The van der Waals surface area contributed by atoms with Gasteiger partial charge in [-0.1, -0.05) is 30.7 Å². The molecule has 1 aromatic heterocycles. The van der Waals surface area contributed by atoms with E-state index in [1.165, 1.54) is 5.56 Å². The second-order valence-corrected chi connectivity index (χ2v) is 5.54. The third-order valence-corrected chi connectivity index (χ3v) is 3.65. The van der Waals surface area contributed by atoms with Crippen LogP contribution in [0.1, 0.15) is 31.1 Å². The number of benzene rings is 1. The van der Waals surface area contributed by atoms with E-state index in [9.17, 15) is 0 Å². The van der Waals surface area contributed by atoms with Gasteiger partial charge in [-0.05, 0) is 55.6 Å². The van der Waals surface area contributed by atoms with E-state index >= 15 is 0 Å². The second-order valence-electron chi connectivity index (χ2n) is 5.10. The first-order valence-corrected chi connectivity index (χ1v) is 7.66. The Kier molecular flexibility index (Phi) is 6.16. The number of hydrogen-bond donors (Lipinski definition) is 1. The van der Waals surface area contributed by atoms with Crippen molar-refractivity contribution < 1.29 is 4.42 Å². The van der Waals surface area contributed by atoms with Crippen molar-refractivity contribution in [2.75, 3.05) is 6.54 Å². The van der Waals surface area contributed by atoms with E-state index in [0.29, 0.717) is 6.04 Å². The number of hydrogen-bond acceptors (Lipinski definition) is 2. The summed E-state index contributed by atoms with van der Waals surface area (Å²) in [6.07, 6.45) is 5.97. The minimum absolute atomic E-state index is 0.473. The summed E-state index contributed by atoms with van der Waals surface area (Å²) in [7, 11) is 0. The maximum absolute atomic E-state index is 5.93. The van der Waals surface area contributed by atoms with Gasteiger partial charge in [-0.15, -0.1) is 0 Å². The van der Waals surface area contributed by atoms with Crippen LogP contribution < -0.4 is 5.32 Å². The topological polar surface area (TPSA) is 25.2 Å². The van der Waals surface area contributed by atoms with Gasteiger partial charge in [0, 0.05) is 17.5 Å². The molecule has 0 fully saturated rings. The Labute approximate surface area is 126 Å². The molecular formula is C17H22ClNO. The van der Waals surface area contributed by atoms with E-state index in [-0.39, 0.29) is 0 Å². The Morgan fingerprint density at radius 1 is 1.20 bits per heavy atom. The lowest BCUT2D eigenvalue weighted by Crippen LogP contribution is -2.32. The standard InChI is InChI=1S/C17H22ClNO/c1-2-11-19-16(9-10-17-4-3-12-20-17)13-14-5-7-15(18)8-6-14/h3-8,12,16,19H,2,9-11,13H2,1H3. The van der Waals surface area contributed by atoms with Crippen molar-refractivity contribution in [1.29, 1.82) is 0 Å². The summed E-state index contributed by atoms with van der Waals surface area (Å²) >= 11 is 5.93. The number of furan rings is 1. The molecule has 2 nitrogen and oxygen atoms in total. The molecular weight excluding hydrogens is 270 g/mol. The number of halogens is 1. The molecule has 0 aliphatic carbocycles. The fourth-order valence-electron chi connectivity index (χ4n) is 2.30. The summed E-state index contributed by atoms with van der Waals surface area (Å²) in [5.41, 5.74) is 1.32. The maximum atomic E-state index is 5.93. The first-order valence-electron chi connectivity index (χ1n) is 7.28. The van der Waals surface area contributed by atoms with Crippen LogP contribution in [0.2, 0.25) is 5.02 Å².